The van der Waals surface area contributed by atoms with Crippen LogP contribution in [-0.2, 0) is 10.0 Å². The minimum atomic E-state index is -4.13. The van der Waals surface area contributed by atoms with Gasteiger partial charge in [-0.3, -0.25) is 4.72 Å². The van der Waals surface area contributed by atoms with Crippen LogP contribution < -0.4 is 10.5 Å². The lowest BCUT2D eigenvalue weighted by Crippen LogP contribution is -2.16. The summed E-state index contributed by atoms with van der Waals surface area (Å²) >= 11 is 5.65. The average Bonchev–Trinajstić information content (AvgIpc) is 2.33. The van der Waals surface area contributed by atoms with Crippen LogP contribution in [0, 0.1) is 12.7 Å². The van der Waals surface area contributed by atoms with Gasteiger partial charge in [0.2, 0.25) is 0 Å². The molecule has 1 heterocycles. The number of hydrogen-bond acceptors (Lipinski definition) is 4. The number of nitrogens with zero attached hydrogens (tertiary/aromatic N) is 1. The summed E-state index contributed by atoms with van der Waals surface area (Å²) in [4.78, 5) is 3.26. The molecular weight excluding hydrogens is 305 g/mol. The second-order valence-electron chi connectivity index (χ2n) is 4.11. The number of anilines is 2. The van der Waals surface area contributed by atoms with Crippen LogP contribution in [-0.4, -0.2) is 13.4 Å². The van der Waals surface area contributed by atoms with Gasteiger partial charge in [0.05, 0.1) is 5.02 Å². The number of pyridine rings is 1. The highest BCUT2D eigenvalue weighted by molar-refractivity contribution is 7.92. The molecule has 2 aromatic rings. The van der Waals surface area contributed by atoms with Crippen molar-refractivity contribution in [2.24, 2.45) is 0 Å². The van der Waals surface area contributed by atoms with Gasteiger partial charge in [0.25, 0.3) is 10.0 Å². The molecule has 0 saturated heterocycles. The van der Waals surface area contributed by atoms with Crippen LogP contribution in [0.4, 0.5) is 16.0 Å². The first kappa shape index (κ1) is 14.5. The Kier molecular flexibility index (Phi) is 3.82. The van der Waals surface area contributed by atoms with Gasteiger partial charge in [-0.15, -0.1) is 0 Å². The molecule has 0 aliphatic rings. The Bertz CT molecular complexity index is 765. The van der Waals surface area contributed by atoms with E-state index in [1.165, 1.54) is 30.3 Å². The van der Waals surface area contributed by atoms with Crippen LogP contribution in [0.25, 0.3) is 0 Å². The van der Waals surface area contributed by atoms with Gasteiger partial charge in [0, 0.05) is 0 Å². The molecule has 0 spiro atoms. The molecule has 0 bridgehead atoms. The molecule has 0 unspecified atom stereocenters. The fourth-order valence-electron chi connectivity index (χ4n) is 1.59. The van der Waals surface area contributed by atoms with Gasteiger partial charge in [0.15, 0.2) is 5.82 Å². The van der Waals surface area contributed by atoms with Crippen LogP contribution >= 0.6 is 11.6 Å². The molecule has 5 nitrogen and oxygen atoms in total. The summed E-state index contributed by atoms with van der Waals surface area (Å²) in [5, 5.41) is -0.258. The van der Waals surface area contributed by atoms with Crippen molar-refractivity contribution in [3.05, 3.63) is 46.7 Å². The van der Waals surface area contributed by atoms with E-state index in [9.17, 15) is 12.8 Å². The SMILES string of the molecule is Cc1cc(Cl)c(F)c(S(=O)(=O)Nc2cccc(N)n2)c1. The Balaban J connectivity index is 2.46. The molecule has 20 heavy (non-hydrogen) atoms. The number of benzene rings is 1. The number of sulfonamides is 1. The standard InChI is InChI=1S/C12H11ClFN3O2S/c1-7-5-8(13)12(14)9(6-7)20(18,19)17-11-4-2-3-10(15)16-11/h2-6H,1H3,(H3,15,16,17). The van der Waals surface area contributed by atoms with E-state index in [1.807, 2.05) is 0 Å². The molecule has 0 aliphatic heterocycles. The predicted octanol–water partition coefficient (Wildman–Crippen LogP) is 2.57. The first-order valence-corrected chi connectivity index (χ1v) is 7.37. The maximum atomic E-state index is 13.9. The Morgan fingerprint density at radius 2 is 2.05 bits per heavy atom. The van der Waals surface area contributed by atoms with E-state index in [-0.39, 0.29) is 16.7 Å². The molecule has 3 N–H and O–H groups in total. The third-order valence-corrected chi connectivity index (χ3v) is 4.07. The van der Waals surface area contributed by atoms with Crippen LogP contribution in [0.1, 0.15) is 5.56 Å². The van der Waals surface area contributed by atoms with Crippen LogP contribution in [0.5, 0.6) is 0 Å². The molecular formula is C12H11ClFN3O2S. The van der Waals surface area contributed by atoms with Crippen molar-refractivity contribution < 1.29 is 12.8 Å². The summed E-state index contributed by atoms with van der Waals surface area (Å²) in [6, 6.07) is 6.97. The maximum Gasteiger partial charge on any atom is 0.266 e. The molecule has 0 radical (unpaired) electrons. The fourth-order valence-corrected chi connectivity index (χ4v) is 3.11. The zero-order valence-electron chi connectivity index (χ0n) is 10.4. The van der Waals surface area contributed by atoms with Gasteiger partial charge < -0.3 is 5.73 Å². The molecule has 0 saturated carbocycles. The Labute approximate surface area is 120 Å². The number of nitrogens with two attached hydrogens (primary N) is 1. The monoisotopic (exact) mass is 315 g/mol. The summed E-state index contributed by atoms with van der Waals surface area (Å²) < 4.78 is 40.3. The zero-order valence-corrected chi connectivity index (χ0v) is 12.0. The van der Waals surface area contributed by atoms with E-state index in [4.69, 9.17) is 17.3 Å². The number of aromatic nitrogens is 1. The van der Waals surface area contributed by atoms with E-state index in [0.29, 0.717) is 5.56 Å². The fraction of sp³-hybridized carbons (Fsp3) is 0.0833. The van der Waals surface area contributed by atoms with E-state index < -0.39 is 20.7 Å². The van der Waals surface area contributed by atoms with E-state index in [2.05, 4.69) is 9.71 Å². The normalized spacial score (nSPS) is 11.3. The van der Waals surface area contributed by atoms with E-state index in [1.54, 1.807) is 6.92 Å². The summed E-state index contributed by atoms with van der Waals surface area (Å²) in [5.74, 6) is -0.858. The first-order valence-electron chi connectivity index (χ1n) is 5.50. The van der Waals surface area contributed by atoms with Gasteiger partial charge in [-0.25, -0.2) is 17.8 Å². The number of halogens is 2. The smallest absolute Gasteiger partial charge is 0.266 e. The molecule has 0 fully saturated rings. The summed E-state index contributed by atoms with van der Waals surface area (Å²) in [5.41, 5.74) is 5.98. The third kappa shape index (κ3) is 3.00. The summed E-state index contributed by atoms with van der Waals surface area (Å²) in [7, 11) is -4.13. The second-order valence-corrected chi connectivity index (χ2v) is 6.17. The molecule has 2 rings (SSSR count). The lowest BCUT2D eigenvalue weighted by Gasteiger charge is -2.10. The van der Waals surface area contributed by atoms with Gasteiger partial charge in [0.1, 0.15) is 16.5 Å². The quantitative estimate of drug-likeness (QED) is 0.911. The third-order valence-electron chi connectivity index (χ3n) is 2.44. The highest BCUT2D eigenvalue weighted by atomic mass is 35.5. The van der Waals surface area contributed by atoms with Crippen molar-refractivity contribution in [3.8, 4) is 0 Å². The molecule has 1 aromatic carbocycles. The zero-order chi connectivity index (χ0) is 14.9. The molecule has 0 atom stereocenters. The van der Waals surface area contributed by atoms with Crippen molar-refractivity contribution in [2.45, 2.75) is 11.8 Å². The van der Waals surface area contributed by atoms with Crippen LogP contribution in [0.2, 0.25) is 5.02 Å². The summed E-state index contributed by atoms with van der Waals surface area (Å²) in [6.45, 7) is 1.61. The van der Waals surface area contributed by atoms with Crippen molar-refractivity contribution >= 4 is 33.3 Å². The van der Waals surface area contributed by atoms with E-state index >= 15 is 0 Å². The molecule has 0 aliphatic carbocycles. The van der Waals surface area contributed by atoms with Crippen molar-refractivity contribution in [1.82, 2.24) is 4.98 Å². The highest BCUT2D eigenvalue weighted by Gasteiger charge is 2.22. The van der Waals surface area contributed by atoms with E-state index in [0.717, 1.165) is 0 Å². The van der Waals surface area contributed by atoms with Crippen molar-refractivity contribution in [2.75, 3.05) is 10.5 Å². The lowest BCUT2D eigenvalue weighted by atomic mass is 10.2. The Morgan fingerprint density at radius 1 is 1.35 bits per heavy atom. The molecule has 106 valence electrons. The largest absolute Gasteiger partial charge is 0.384 e. The number of nitrogens with one attached hydrogen (secondary N) is 1. The predicted molar refractivity (Wildman–Crippen MR) is 75.6 cm³/mol. The summed E-state index contributed by atoms with van der Waals surface area (Å²) in [6.07, 6.45) is 0. The molecule has 8 heteroatoms. The van der Waals surface area contributed by atoms with Gasteiger partial charge >= 0.3 is 0 Å². The molecule has 0 amide bonds. The van der Waals surface area contributed by atoms with Crippen LogP contribution in [0.3, 0.4) is 0 Å². The minimum absolute atomic E-state index is 0.00188. The number of hydrogen-bond donors (Lipinski definition) is 2. The number of nitrogen functional groups attached to an aromatic ring is 1. The number of rotatable bonds is 3. The number of aryl methyl sites for hydroxylation is 1. The lowest BCUT2D eigenvalue weighted by molar-refractivity contribution is 0.570. The van der Waals surface area contributed by atoms with Crippen LogP contribution in [0.15, 0.2) is 35.2 Å². The minimum Gasteiger partial charge on any atom is -0.384 e. The topological polar surface area (TPSA) is 85.1 Å². The van der Waals surface area contributed by atoms with Gasteiger partial charge in [-0.1, -0.05) is 17.7 Å². The highest BCUT2D eigenvalue weighted by Crippen LogP contribution is 2.25. The van der Waals surface area contributed by atoms with Crippen molar-refractivity contribution in [1.29, 1.82) is 0 Å². The Hall–Kier alpha value is -1.86. The first-order chi connectivity index (χ1) is 9.29. The molecule has 1 aromatic heterocycles. The average molecular weight is 316 g/mol. The second kappa shape index (κ2) is 5.26. The maximum absolute atomic E-state index is 13.9. The van der Waals surface area contributed by atoms with Gasteiger partial charge in [-0.05, 0) is 36.8 Å². The Morgan fingerprint density at radius 3 is 2.70 bits per heavy atom. The van der Waals surface area contributed by atoms with Gasteiger partial charge in [-0.2, -0.15) is 0 Å². The van der Waals surface area contributed by atoms with Crippen molar-refractivity contribution in [3.63, 3.8) is 0 Å².